The molecule has 1 heterocycles. The van der Waals surface area contributed by atoms with Crippen LogP contribution < -0.4 is 5.73 Å². The van der Waals surface area contributed by atoms with E-state index in [9.17, 15) is 0 Å². The molecule has 0 bridgehead atoms. The van der Waals surface area contributed by atoms with E-state index in [4.69, 9.17) is 17.3 Å². The summed E-state index contributed by atoms with van der Waals surface area (Å²) in [4.78, 5) is 4.18. The summed E-state index contributed by atoms with van der Waals surface area (Å²) in [6.07, 6.45) is 0. The molecular formula is C10H9ClN2S. The van der Waals surface area contributed by atoms with Gasteiger partial charge in [-0.15, -0.1) is 11.3 Å². The average Bonchev–Trinajstić information content (AvgIpc) is 2.51. The number of hydrogen-bond donors (Lipinski definition) is 1. The molecule has 2 rings (SSSR count). The van der Waals surface area contributed by atoms with Crippen LogP contribution in [0.2, 0.25) is 5.02 Å². The van der Waals surface area contributed by atoms with Crippen molar-refractivity contribution in [2.24, 2.45) is 0 Å². The van der Waals surface area contributed by atoms with Crippen molar-refractivity contribution in [3.8, 4) is 11.3 Å². The molecule has 1 aromatic heterocycles. The molecule has 2 nitrogen and oxygen atoms in total. The molecule has 0 saturated heterocycles. The van der Waals surface area contributed by atoms with Crippen molar-refractivity contribution in [1.29, 1.82) is 0 Å². The number of nitrogens with zero attached hydrogens (tertiary/aromatic N) is 1. The van der Waals surface area contributed by atoms with Gasteiger partial charge in [-0.1, -0.05) is 23.7 Å². The van der Waals surface area contributed by atoms with Gasteiger partial charge in [-0.25, -0.2) is 4.98 Å². The van der Waals surface area contributed by atoms with Gasteiger partial charge in [0.15, 0.2) is 5.13 Å². The van der Waals surface area contributed by atoms with Crippen molar-refractivity contribution < 1.29 is 0 Å². The average molecular weight is 225 g/mol. The van der Waals surface area contributed by atoms with Crippen molar-refractivity contribution in [2.75, 3.05) is 5.73 Å². The van der Waals surface area contributed by atoms with E-state index in [2.05, 4.69) is 4.98 Å². The SMILES string of the molecule is Cc1ccc(-c2csc(N)n2)c(Cl)c1. The van der Waals surface area contributed by atoms with Gasteiger partial charge >= 0.3 is 0 Å². The molecule has 0 aliphatic rings. The summed E-state index contributed by atoms with van der Waals surface area (Å²) >= 11 is 7.52. The second kappa shape index (κ2) is 3.59. The summed E-state index contributed by atoms with van der Waals surface area (Å²) in [5.41, 5.74) is 8.48. The molecular weight excluding hydrogens is 216 g/mol. The predicted molar refractivity (Wildman–Crippen MR) is 61.7 cm³/mol. The van der Waals surface area contributed by atoms with Crippen LogP contribution in [0.15, 0.2) is 23.6 Å². The van der Waals surface area contributed by atoms with Crippen LogP contribution in [0, 0.1) is 6.92 Å². The van der Waals surface area contributed by atoms with Gasteiger partial charge in [-0.05, 0) is 18.6 Å². The van der Waals surface area contributed by atoms with E-state index >= 15 is 0 Å². The summed E-state index contributed by atoms with van der Waals surface area (Å²) in [6, 6.07) is 5.90. The van der Waals surface area contributed by atoms with E-state index in [0.717, 1.165) is 21.8 Å². The molecule has 1 aromatic carbocycles. The lowest BCUT2D eigenvalue weighted by Gasteiger charge is -2.01. The first-order valence-electron chi connectivity index (χ1n) is 4.14. The summed E-state index contributed by atoms with van der Waals surface area (Å²) in [5.74, 6) is 0. The van der Waals surface area contributed by atoms with Crippen LogP contribution in [0.1, 0.15) is 5.56 Å². The standard InChI is InChI=1S/C10H9ClN2S/c1-6-2-3-7(8(11)4-6)9-5-14-10(12)13-9/h2-5H,1H3,(H2,12,13). The summed E-state index contributed by atoms with van der Waals surface area (Å²) in [6.45, 7) is 2.01. The Morgan fingerprint density at radius 1 is 1.43 bits per heavy atom. The Bertz CT molecular complexity index is 465. The van der Waals surface area contributed by atoms with Crippen LogP contribution in [-0.2, 0) is 0 Å². The lowest BCUT2D eigenvalue weighted by atomic mass is 10.1. The van der Waals surface area contributed by atoms with Gasteiger partial charge < -0.3 is 5.73 Å². The van der Waals surface area contributed by atoms with Gasteiger partial charge in [0.25, 0.3) is 0 Å². The van der Waals surface area contributed by atoms with E-state index in [1.807, 2.05) is 30.5 Å². The number of nitrogen functional groups attached to an aromatic ring is 1. The number of benzene rings is 1. The molecule has 2 N–H and O–H groups in total. The molecule has 0 fully saturated rings. The molecule has 0 aliphatic heterocycles. The smallest absolute Gasteiger partial charge is 0.180 e. The Labute approximate surface area is 91.4 Å². The molecule has 72 valence electrons. The van der Waals surface area contributed by atoms with E-state index in [1.54, 1.807) is 0 Å². The third-order valence-corrected chi connectivity index (χ3v) is 2.91. The highest BCUT2D eigenvalue weighted by Gasteiger charge is 2.06. The second-order valence-electron chi connectivity index (χ2n) is 3.05. The van der Waals surface area contributed by atoms with Crippen LogP contribution in [0.5, 0.6) is 0 Å². The monoisotopic (exact) mass is 224 g/mol. The summed E-state index contributed by atoms with van der Waals surface area (Å²) in [7, 11) is 0. The maximum Gasteiger partial charge on any atom is 0.180 e. The normalized spacial score (nSPS) is 10.4. The minimum absolute atomic E-state index is 0.566. The quantitative estimate of drug-likeness (QED) is 0.807. The second-order valence-corrected chi connectivity index (χ2v) is 4.35. The number of anilines is 1. The first-order valence-corrected chi connectivity index (χ1v) is 5.40. The van der Waals surface area contributed by atoms with Gasteiger partial charge in [-0.2, -0.15) is 0 Å². The number of aromatic nitrogens is 1. The molecule has 0 saturated carbocycles. The van der Waals surface area contributed by atoms with Crippen molar-refractivity contribution >= 4 is 28.1 Å². The van der Waals surface area contributed by atoms with E-state index < -0.39 is 0 Å². The minimum Gasteiger partial charge on any atom is -0.375 e. The van der Waals surface area contributed by atoms with Gasteiger partial charge in [-0.3, -0.25) is 0 Å². The first-order chi connectivity index (χ1) is 6.66. The molecule has 4 heteroatoms. The Kier molecular flexibility index (Phi) is 2.44. The Morgan fingerprint density at radius 3 is 2.79 bits per heavy atom. The van der Waals surface area contributed by atoms with Gasteiger partial charge in [0.2, 0.25) is 0 Å². The maximum atomic E-state index is 6.10. The summed E-state index contributed by atoms with van der Waals surface area (Å²) < 4.78 is 0. The lowest BCUT2D eigenvalue weighted by Crippen LogP contribution is -1.84. The van der Waals surface area contributed by atoms with Crippen molar-refractivity contribution in [3.63, 3.8) is 0 Å². The minimum atomic E-state index is 0.566. The number of thiazole rings is 1. The van der Waals surface area contributed by atoms with E-state index in [0.29, 0.717) is 5.13 Å². The zero-order chi connectivity index (χ0) is 10.1. The zero-order valence-electron chi connectivity index (χ0n) is 7.62. The van der Waals surface area contributed by atoms with Gasteiger partial charge in [0, 0.05) is 10.9 Å². The van der Waals surface area contributed by atoms with Crippen molar-refractivity contribution in [3.05, 3.63) is 34.2 Å². The van der Waals surface area contributed by atoms with Crippen LogP contribution in [0.25, 0.3) is 11.3 Å². The van der Waals surface area contributed by atoms with Crippen molar-refractivity contribution in [2.45, 2.75) is 6.92 Å². The molecule has 14 heavy (non-hydrogen) atoms. The molecule has 0 unspecified atom stereocenters. The Balaban J connectivity index is 2.52. The maximum absolute atomic E-state index is 6.10. The fourth-order valence-electron chi connectivity index (χ4n) is 1.24. The number of rotatable bonds is 1. The number of aryl methyl sites for hydroxylation is 1. The molecule has 0 aliphatic carbocycles. The Morgan fingerprint density at radius 2 is 2.21 bits per heavy atom. The molecule has 0 spiro atoms. The van der Waals surface area contributed by atoms with Crippen LogP contribution in [-0.4, -0.2) is 4.98 Å². The van der Waals surface area contributed by atoms with Crippen molar-refractivity contribution in [1.82, 2.24) is 4.98 Å². The number of halogens is 1. The van der Waals surface area contributed by atoms with Gasteiger partial charge in [0.1, 0.15) is 0 Å². The number of hydrogen-bond acceptors (Lipinski definition) is 3. The highest BCUT2D eigenvalue weighted by Crippen LogP contribution is 2.30. The fourth-order valence-corrected chi connectivity index (χ4v) is 2.13. The first kappa shape index (κ1) is 9.49. The largest absolute Gasteiger partial charge is 0.375 e. The van der Waals surface area contributed by atoms with Gasteiger partial charge in [0.05, 0.1) is 10.7 Å². The van der Waals surface area contributed by atoms with Crippen LogP contribution >= 0.6 is 22.9 Å². The lowest BCUT2D eigenvalue weighted by molar-refractivity contribution is 1.39. The van der Waals surface area contributed by atoms with E-state index in [1.165, 1.54) is 11.3 Å². The van der Waals surface area contributed by atoms with Crippen LogP contribution in [0.4, 0.5) is 5.13 Å². The third-order valence-electron chi connectivity index (χ3n) is 1.92. The summed E-state index contributed by atoms with van der Waals surface area (Å²) in [5, 5.41) is 3.19. The zero-order valence-corrected chi connectivity index (χ0v) is 9.19. The number of nitrogens with two attached hydrogens (primary N) is 1. The topological polar surface area (TPSA) is 38.9 Å². The third kappa shape index (κ3) is 1.74. The highest BCUT2D eigenvalue weighted by molar-refractivity contribution is 7.13. The van der Waals surface area contributed by atoms with E-state index in [-0.39, 0.29) is 0 Å². The molecule has 0 amide bonds. The predicted octanol–water partition coefficient (Wildman–Crippen LogP) is 3.35. The van der Waals surface area contributed by atoms with Crippen LogP contribution in [0.3, 0.4) is 0 Å². The molecule has 0 radical (unpaired) electrons. The Hall–Kier alpha value is -1.06. The fraction of sp³-hybridized carbons (Fsp3) is 0.100. The molecule has 2 aromatic rings. The highest BCUT2D eigenvalue weighted by atomic mass is 35.5. The molecule has 0 atom stereocenters.